The normalized spacial score (nSPS) is 16.2. The molecule has 1 rings (SSSR count). The quantitative estimate of drug-likeness (QED) is 0.731. The Hall–Kier alpha value is -1.31. The second-order valence-corrected chi connectivity index (χ2v) is 6.96. The zero-order valence-corrected chi connectivity index (χ0v) is 11.3. The first-order valence-corrected chi connectivity index (χ1v) is 7.64. The Kier molecular flexibility index (Phi) is 4.55. The number of carboxylic acid groups (broad SMARTS) is 1. The molecule has 1 saturated heterocycles. The maximum atomic E-state index is 11.8. The Morgan fingerprint density at radius 2 is 1.94 bits per heavy atom. The number of carbonyl (C=O) groups excluding carboxylic acids is 1. The van der Waals surface area contributed by atoms with Gasteiger partial charge in [-0.1, -0.05) is 0 Å². The molecule has 8 heteroatoms. The van der Waals surface area contributed by atoms with Gasteiger partial charge in [-0.15, -0.1) is 0 Å². The largest absolute Gasteiger partial charge is 0.481 e. The second-order valence-electron chi connectivity index (χ2n) is 4.70. The SMILES string of the molecule is CN(CCS(C)(=O)=O)C(=O)N1CC(CC(=O)O)C1. The van der Waals surface area contributed by atoms with Crippen molar-refractivity contribution in [3.05, 3.63) is 0 Å². The average molecular weight is 278 g/mol. The Bertz CT molecular complexity index is 428. The van der Waals surface area contributed by atoms with E-state index >= 15 is 0 Å². The molecule has 1 N–H and O–H groups in total. The van der Waals surface area contributed by atoms with Gasteiger partial charge in [0.2, 0.25) is 0 Å². The molecule has 2 amide bonds. The third-order valence-electron chi connectivity index (χ3n) is 2.82. The number of aliphatic carboxylic acids is 1. The molecule has 0 spiro atoms. The molecular weight excluding hydrogens is 260 g/mol. The highest BCUT2D eigenvalue weighted by Gasteiger charge is 2.33. The van der Waals surface area contributed by atoms with Crippen molar-refractivity contribution in [2.75, 3.05) is 38.7 Å². The molecule has 1 heterocycles. The highest BCUT2D eigenvalue weighted by atomic mass is 32.2. The molecule has 0 aromatic heterocycles. The van der Waals surface area contributed by atoms with Gasteiger partial charge in [-0.3, -0.25) is 4.79 Å². The molecule has 0 radical (unpaired) electrons. The minimum atomic E-state index is -3.08. The second kappa shape index (κ2) is 5.55. The van der Waals surface area contributed by atoms with Crippen LogP contribution in [0.3, 0.4) is 0 Å². The van der Waals surface area contributed by atoms with E-state index in [-0.39, 0.29) is 30.7 Å². The van der Waals surface area contributed by atoms with Crippen LogP contribution >= 0.6 is 0 Å². The van der Waals surface area contributed by atoms with Gasteiger partial charge in [0.25, 0.3) is 0 Å². The fourth-order valence-electron chi connectivity index (χ4n) is 1.74. The van der Waals surface area contributed by atoms with Crippen LogP contribution in [0, 0.1) is 5.92 Å². The fourth-order valence-corrected chi connectivity index (χ4v) is 2.35. The summed E-state index contributed by atoms with van der Waals surface area (Å²) in [7, 11) is -1.54. The maximum absolute atomic E-state index is 11.8. The molecule has 0 aromatic rings. The number of carboxylic acids is 1. The lowest BCUT2D eigenvalue weighted by Gasteiger charge is -2.40. The molecule has 0 saturated carbocycles. The van der Waals surface area contributed by atoms with Crippen molar-refractivity contribution in [1.29, 1.82) is 0 Å². The number of hydrogen-bond acceptors (Lipinski definition) is 4. The van der Waals surface area contributed by atoms with E-state index in [1.54, 1.807) is 0 Å². The molecule has 0 unspecified atom stereocenters. The molecule has 1 fully saturated rings. The van der Waals surface area contributed by atoms with E-state index in [0.29, 0.717) is 13.1 Å². The molecule has 7 nitrogen and oxygen atoms in total. The Morgan fingerprint density at radius 1 is 1.39 bits per heavy atom. The first-order chi connectivity index (χ1) is 8.19. The van der Waals surface area contributed by atoms with Gasteiger partial charge < -0.3 is 14.9 Å². The molecule has 0 atom stereocenters. The van der Waals surface area contributed by atoms with Gasteiger partial charge in [0, 0.05) is 38.9 Å². The topological polar surface area (TPSA) is 95.0 Å². The summed E-state index contributed by atoms with van der Waals surface area (Å²) >= 11 is 0. The third-order valence-corrected chi connectivity index (χ3v) is 3.74. The Labute approximate surface area is 106 Å². The van der Waals surface area contributed by atoms with Gasteiger partial charge in [-0.25, -0.2) is 13.2 Å². The predicted molar refractivity (Wildman–Crippen MR) is 65.1 cm³/mol. The van der Waals surface area contributed by atoms with Crippen LogP contribution in [-0.2, 0) is 14.6 Å². The number of hydrogen-bond donors (Lipinski definition) is 1. The first-order valence-electron chi connectivity index (χ1n) is 5.58. The van der Waals surface area contributed by atoms with Gasteiger partial charge in [0.1, 0.15) is 9.84 Å². The third kappa shape index (κ3) is 4.52. The molecule has 1 aliphatic rings. The van der Waals surface area contributed by atoms with E-state index in [0.717, 1.165) is 6.26 Å². The Morgan fingerprint density at radius 3 is 2.39 bits per heavy atom. The minimum absolute atomic E-state index is 0.00903. The van der Waals surface area contributed by atoms with E-state index in [2.05, 4.69) is 0 Å². The summed E-state index contributed by atoms with van der Waals surface area (Å²) in [6.07, 6.45) is 1.19. The number of carbonyl (C=O) groups is 2. The first kappa shape index (κ1) is 14.7. The van der Waals surface area contributed by atoms with Crippen LogP contribution in [0.25, 0.3) is 0 Å². The van der Waals surface area contributed by atoms with Crippen LogP contribution in [0.5, 0.6) is 0 Å². The van der Waals surface area contributed by atoms with Gasteiger partial charge in [-0.2, -0.15) is 0 Å². The van der Waals surface area contributed by atoms with Crippen molar-refractivity contribution in [2.45, 2.75) is 6.42 Å². The van der Waals surface area contributed by atoms with Crippen LogP contribution in [0.1, 0.15) is 6.42 Å². The molecule has 18 heavy (non-hydrogen) atoms. The van der Waals surface area contributed by atoms with Gasteiger partial charge >= 0.3 is 12.0 Å². The zero-order valence-electron chi connectivity index (χ0n) is 10.5. The smallest absolute Gasteiger partial charge is 0.319 e. The van der Waals surface area contributed by atoms with Crippen molar-refractivity contribution in [3.8, 4) is 0 Å². The lowest BCUT2D eigenvalue weighted by atomic mass is 9.97. The van der Waals surface area contributed by atoms with Crippen molar-refractivity contribution in [1.82, 2.24) is 9.80 Å². The number of likely N-dealkylation sites (tertiary alicyclic amines) is 1. The van der Waals surface area contributed by atoms with E-state index in [4.69, 9.17) is 5.11 Å². The Balaban J connectivity index is 2.32. The summed E-state index contributed by atoms with van der Waals surface area (Å²) in [5, 5.41) is 8.58. The van der Waals surface area contributed by atoms with Crippen molar-refractivity contribution in [2.24, 2.45) is 5.92 Å². The monoisotopic (exact) mass is 278 g/mol. The van der Waals surface area contributed by atoms with E-state index in [1.165, 1.54) is 16.8 Å². The highest BCUT2D eigenvalue weighted by molar-refractivity contribution is 7.90. The van der Waals surface area contributed by atoms with Crippen LogP contribution in [-0.4, -0.2) is 74.0 Å². The van der Waals surface area contributed by atoms with Crippen molar-refractivity contribution < 1.29 is 23.1 Å². The average Bonchev–Trinajstić information content (AvgIpc) is 2.17. The lowest BCUT2D eigenvalue weighted by molar-refractivity contribution is -0.139. The fraction of sp³-hybridized carbons (Fsp3) is 0.800. The number of amides is 2. The number of rotatable bonds is 5. The van der Waals surface area contributed by atoms with E-state index < -0.39 is 15.8 Å². The number of urea groups is 1. The van der Waals surface area contributed by atoms with Crippen molar-refractivity contribution >= 4 is 21.8 Å². The van der Waals surface area contributed by atoms with Crippen LogP contribution in [0.4, 0.5) is 4.79 Å². The summed E-state index contributed by atoms with van der Waals surface area (Å²) in [5.41, 5.74) is 0. The summed E-state index contributed by atoms with van der Waals surface area (Å²) in [4.78, 5) is 25.1. The zero-order chi connectivity index (χ0) is 13.9. The summed E-state index contributed by atoms with van der Waals surface area (Å²) in [6.45, 7) is 1.00. The van der Waals surface area contributed by atoms with E-state index in [1.807, 2.05) is 0 Å². The summed E-state index contributed by atoms with van der Waals surface area (Å²) < 4.78 is 21.9. The van der Waals surface area contributed by atoms with Crippen LogP contribution in [0.15, 0.2) is 0 Å². The summed E-state index contributed by atoms with van der Waals surface area (Å²) in [6, 6.07) is -0.250. The molecular formula is C10H18N2O5S. The summed E-state index contributed by atoms with van der Waals surface area (Å²) in [5.74, 6) is -0.922. The predicted octanol–water partition coefficient (Wildman–Crippen LogP) is -0.511. The lowest BCUT2D eigenvalue weighted by Crippen LogP contribution is -2.55. The maximum Gasteiger partial charge on any atom is 0.319 e. The molecule has 0 aromatic carbocycles. The van der Waals surface area contributed by atoms with Crippen LogP contribution in [0.2, 0.25) is 0 Å². The van der Waals surface area contributed by atoms with Gasteiger partial charge in [-0.05, 0) is 0 Å². The molecule has 0 aliphatic carbocycles. The minimum Gasteiger partial charge on any atom is -0.481 e. The molecule has 0 bridgehead atoms. The van der Waals surface area contributed by atoms with Gasteiger partial charge in [0.05, 0.1) is 12.2 Å². The highest BCUT2D eigenvalue weighted by Crippen LogP contribution is 2.20. The molecule has 104 valence electrons. The van der Waals surface area contributed by atoms with E-state index in [9.17, 15) is 18.0 Å². The molecule has 1 aliphatic heterocycles. The van der Waals surface area contributed by atoms with Crippen LogP contribution < -0.4 is 0 Å². The number of nitrogens with zero attached hydrogens (tertiary/aromatic N) is 2. The standard InChI is InChI=1S/C10H18N2O5S/c1-11(3-4-18(2,16)17)10(15)12-6-8(7-12)5-9(13)14/h8H,3-7H2,1-2H3,(H,13,14). The van der Waals surface area contributed by atoms with Gasteiger partial charge in [0.15, 0.2) is 0 Å². The van der Waals surface area contributed by atoms with Crippen molar-refractivity contribution in [3.63, 3.8) is 0 Å². The number of sulfone groups is 1.